The van der Waals surface area contributed by atoms with Gasteiger partial charge in [-0.25, -0.2) is 9.98 Å². The van der Waals surface area contributed by atoms with Gasteiger partial charge in [0.1, 0.15) is 5.54 Å². The van der Waals surface area contributed by atoms with Crippen LogP contribution in [0.2, 0.25) is 0 Å². The van der Waals surface area contributed by atoms with E-state index in [1.165, 1.54) is 18.0 Å². The van der Waals surface area contributed by atoms with Crippen molar-refractivity contribution in [3.8, 4) is 11.1 Å². The number of hydrogen-bond acceptors (Lipinski definition) is 5. The minimum absolute atomic E-state index is 0.0115. The largest absolute Gasteiger partial charge is 0.379 e. The molecule has 1 fully saturated rings. The van der Waals surface area contributed by atoms with Crippen LogP contribution in [0.5, 0.6) is 0 Å². The highest BCUT2D eigenvalue weighted by molar-refractivity contribution is 8.13. The molecule has 156 valence electrons. The zero-order chi connectivity index (χ0) is 21.4. The highest BCUT2D eigenvalue weighted by Gasteiger charge is 2.51. The Kier molecular flexibility index (Phi) is 4.98. The number of amides is 1. The maximum absolute atomic E-state index is 14.3. The van der Waals surface area contributed by atoms with Crippen molar-refractivity contribution >= 4 is 22.8 Å². The number of aromatic nitrogens is 1. The second kappa shape index (κ2) is 7.81. The molecule has 0 aliphatic carbocycles. The van der Waals surface area contributed by atoms with Crippen LogP contribution in [0.1, 0.15) is 15.9 Å². The molecule has 2 atom stereocenters. The molecule has 2 N–H and O–H groups in total. The molecule has 31 heavy (non-hydrogen) atoms. The Hall–Kier alpha value is -3.19. The van der Waals surface area contributed by atoms with Gasteiger partial charge < -0.3 is 10.6 Å². The number of pyridine rings is 1. The summed E-state index contributed by atoms with van der Waals surface area (Å²) in [7, 11) is 0. The molecule has 1 aromatic heterocycles. The Bertz CT molecular complexity index is 1170. The van der Waals surface area contributed by atoms with Gasteiger partial charge in [-0.05, 0) is 41.5 Å². The SMILES string of the molecule is NC1=N[C@@]2(c3cccc(-c4cccnc4F)c3)CN(C(=O)c3ccccc3)C[C@H]2CS1. The van der Waals surface area contributed by atoms with E-state index >= 15 is 0 Å². The summed E-state index contributed by atoms with van der Waals surface area (Å²) < 4.78 is 14.3. The average Bonchev–Trinajstić information content (AvgIpc) is 3.19. The van der Waals surface area contributed by atoms with Gasteiger partial charge in [-0.15, -0.1) is 0 Å². The second-order valence-corrected chi connectivity index (χ2v) is 8.90. The third-order valence-electron chi connectivity index (χ3n) is 6.03. The zero-order valence-electron chi connectivity index (χ0n) is 16.7. The number of carbonyl (C=O) groups excluding carboxylic acids is 1. The maximum Gasteiger partial charge on any atom is 0.253 e. The molecule has 2 aliphatic rings. The van der Waals surface area contributed by atoms with Gasteiger partial charge in [-0.1, -0.05) is 48.2 Å². The smallest absolute Gasteiger partial charge is 0.253 e. The van der Waals surface area contributed by atoms with E-state index in [4.69, 9.17) is 10.7 Å². The summed E-state index contributed by atoms with van der Waals surface area (Å²) in [4.78, 5) is 23.7. The van der Waals surface area contributed by atoms with Crippen LogP contribution in [0.25, 0.3) is 11.1 Å². The van der Waals surface area contributed by atoms with Crippen LogP contribution in [0.15, 0.2) is 77.9 Å². The number of nitrogens with zero attached hydrogens (tertiary/aromatic N) is 3. The number of aliphatic imine (C=N–C) groups is 1. The molecule has 0 unspecified atom stereocenters. The van der Waals surface area contributed by atoms with Gasteiger partial charge in [0.05, 0.1) is 6.54 Å². The number of amidine groups is 1. The van der Waals surface area contributed by atoms with Gasteiger partial charge in [0.15, 0.2) is 5.17 Å². The van der Waals surface area contributed by atoms with Crippen LogP contribution in [0, 0.1) is 11.9 Å². The molecule has 0 saturated carbocycles. The van der Waals surface area contributed by atoms with Crippen molar-refractivity contribution in [2.45, 2.75) is 5.54 Å². The molecule has 0 spiro atoms. The fourth-order valence-corrected chi connectivity index (χ4v) is 5.48. The third-order valence-corrected chi connectivity index (χ3v) is 6.99. The molecule has 5 nitrogen and oxygen atoms in total. The molecular formula is C24H21FN4OS. The van der Waals surface area contributed by atoms with Crippen molar-refractivity contribution in [1.29, 1.82) is 0 Å². The number of carbonyl (C=O) groups is 1. The van der Waals surface area contributed by atoms with E-state index in [-0.39, 0.29) is 11.8 Å². The van der Waals surface area contributed by atoms with Crippen molar-refractivity contribution in [2.75, 3.05) is 18.8 Å². The van der Waals surface area contributed by atoms with E-state index in [0.717, 1.165) is 16.9 Å². The number of benzene rings is 2. The lowest BCUT2D eigenvalue weighted by Crippen LogP contribution is -2.40. The first-order chi connectivity index (χ1) is 15.1. The molecule has 1 amide bonds. The lowest BCUT2D eigenvalue weighted by atomic mass is 9.81. The van der Waals surface area contributed by atoms with Crippen LogP contribution >= 0.6 is 11.8 Å². The molecule has 0 radical (unpaired) electrons. The van der Waals surface area contributed by atoms with Crippen LogP contribution in [0.3, 0.4) is 0 Å². The first-order valence-electron chi connectivity index (χ1n) is 10.1. The number of halogens is 1. The van der Waals surface area contributed by atoms with Crippen LogP contribution in [-0.2, 0) is 5.54 Å². The van der Waals surface area contributed by atoms with Crippen molar-refractivity contribution in [1.82, 2.24) is 9.88 Å². The Morgan fingerprint density at radius 3 is 2.77 bits per heavy atom. The summed E-state index contributed by atoms with van der Waals surface area (Å²) in [6.07, 6.45) is 1.44. The fraction of sp³-hybridized carbons (Fsp3) is 0.208. The summed E-state index contributed by atoms with van der Waals surface area (Å²) in [5.41, 5.74) is 8.28. The highest BCUT2D eigenvalue weighted by atomic mass is 32.2. The standard InChI is InChI=1S/C24H21FN4OS/c25-21-20(10-5-11-27-21)17-8-4-9-18(12-17)24-15-29(13-19(24)14-31-23(26)28-24)22(30)16-6-2-1-3-7-16/h1-12,19H,13-15H2,(H2,26,28)/t19-,24+/m0/s1. The zero-order valence-corrected chi connectivity index (χ0v) is 17.6. The van der Waals surface area contributed by atoms with E-state index in [0.29, 0.717) is 29.4 Å². The van der Waals surface area contributed by atoms with E-state index in [2.05, 4.69) is 4.98 Å². The van der Waals surface area contributed by atoms with Gasteiger partial charge in [0.2, 0.25) is 5.95 Å². The Balaban J connectivity index is 1.56. The molecule has 3 heterocycles. The summed E-state index contributed by atoms with van der Waals surface area (Å²) >= 11 is 1.52. The van der Waals surface area contributed by atoms with E-state index in [1.807, 2.05) is 59.5 Å². The normalized spacial score (nSPS) is 22.7. The Morgan fingerprint density at radius 2 is 1.97 bits per heavy atom. The number of fused-ring (bicyclic) bond motifs is 1. The predicted octanol–water partition coefficient (Wildman–Crippen LogP) is 3.92. The Morgan fingerprint density at radius 1 is 1.13 bits per heavy atom. The number of rotatable bonds is 3. The maximum atomic E-state index is 14.3. The third kappa shape index (κ3) is 3.49. The highest BCUT2D eigenvalue weighted by Crippen LogP contribution is 2.46. The van der Waals surface area contributed by atoms with Crippen molar-refractivity contribution in [2.24, 2.45) is 16.6 Å². The van der Waals surface area contributed by atoms with E-state index in [1.54, 1.807) is 12.1 Å². The van der Waals surface area contributed by atoms with Crippen molar-refractivity contribution in [3.05, 3.63) is 90.0 Å². The summed E-state index contributed by atoms with van der Waals surface area (Å²) in [5.74, 6) is 0.372. The lowest BCUT2D eigenvalue weighted by Gasteiger charge is -2.34. The van der Waals surface area contributed by atoms with Crippen LogP contribution in [-0.4, -0.2) is 39.8 Å². The minimum atomic E-state index is -0.644. The van der Waals surface area contributed by atoms with E-state index in [9.17, 15) is 9.18 Å². The van der Waals surface area contributed by atoms with Gasteiger partial charge in [-0.2, -0.15) is 4.39 Å². The summed E-state index contributed by atoms with van der Waals surface area (Å²) in [6.45, 7) is 1.04. The van der Waals surface area contributed by atoms with Crippen molar-refractivity contribution < 1.29 is 9.18 Å². The summed E-state index contributed by atoms with van der Waals surface area (Å²) in [6, 6.07) is 20.4. The van der Waals surface area contributed by atoms with Gasteiger partial charge in [0.25, 0.3) is 5.91 Å². The Labute approximate surface area is 184 Å². The quantitative estimate of drug-likeness (QED) is 0.637. The topological polar surface area (TPSA) is 71.6 Å². The van der Waals surface area contributed by atoms with Gasteiger partial charge in [-0.3, -0.25) is 4.79 Å². The van der Waals surface area contributed by atoms with Gasteiger partial charge in [0, 0.05) is 35.5 Å². The number of nitrogens with two attached hydrogens (primary N) is 1. The molecule has 7 heteroatoms. The molecule has 2 aromatic carbocycles. The monoisotopic (exact) mass is 432 g/mol. The molecule has 2 aliphatic heterocycles. The molecule has 0 bridgehead atoms. The van der Waals surface area contributed by atoms with Crippen LogP contribution in [0.4, 0.5) is 4.39 Å². The van der Waals surface area contributed by atoms with E-state index < -0.39 is 11.5 Å². The van der Waals surface area contributed by atoms with Gasteiger partial charge >= 0.3 is 0 Å². The first-order valence-corrected chi connectivity index (χ1v) is 11.1. The number of thioether (sulfide) groups is 1. The first kappa shape index (κ1) is 19.8. The summed E-state index contributed by atoms with van der Waals surface area (Å²) in [5, 5.41) is 0.517. The number of likely N-dealkylation sites (tertiary alicyclic amines) is 1. The fourth-order valence-electron chi connectivity index (χ4n) is 4.50. The second-order valence-electron chi connectivity index (χ2n) is 7.86. The lowest BCUT2D eigenvalue weighted by molar-refractivity contribution is 0.0782. The number of hydrogen-bond donors (Lipinski definition) is 1. The molecule has 1 saturated heterocycles. The van der Waals surface area contributed by atoms with Crippen LogP contribution < -0.4 is 5.73 Å². The molecule has 5 rings (SSSR count). The average molecular weight is 433 g/mol. The molecular weight excluding hydrogens is 411 g/mol. The predicted molar refractivity (Wildman–Crippen MR) is 121 cm³/mol. The minimum Gasteiger partial charge on any atom is -0.379 e. The van der Waals surface area contributed by atoms with Crippen molar-refractivity contribution in [3.63, 3.8) is 0 Å². The molecule has 3 aromatic rings.